The van der Waals surface area contributed by atoms with Crippen molar-refractivity contribution in [2.24, 2.45) is 0 Å². The van der Waals surface area contributed by atoms with Gasteiger partial charge in [0.2, 0.25) is 0 Å². The zero-order valence-electron chi connectivity index (χ0n) is 23.2. The molecule has 1 nitrogen and oxygen atoms in total. The first-order chi connectivity index (χ1) is 21.3. The predicted octanol–water partition coefficient (Wildman–Crippen LogP) is 12.7. The van der Waals surface area contributed by atoms with Gasteiger partial charge in [-0.15, -0.1) is 22.7 Å². The summed E-state index contributed by atoms with van der Waals surface area (Å²) in [7, 11) is 0. The number of hydrogen-bond donors (Lipinski definition) is 0. The Hall–Kier alpha value is -4.96. The number of benzene rings is 7. The van der Waals surface area contributed by atoms with Crippen LogP contribution in [-0.4, -0.2) is 0 Å². The summed E-state index contributed by atoms with van der Waals surface area (Å²) in [6, 6.07) is 55.5. The van der Waals surface area contributed by atoms with Crippen LogP contribution in [0.15, 0.2) is 152 Å². The lowest BCUT2D eigenvalue weighted by Crippen LogP contribution is -2.12. The third kappa shape index (κ3) is 3.90. The lowest BCUT2D eigenvalue weighted by atomic mass is 9.98. The van der Waals surface area contributed by atoms with Crippen molar-refractivity contribution in [1.29, 1.82) is 0 Å². The highest BCUT2D eigenvalue weighted by atomic mass is 32.1. The van der Waals surface area contributed by atoms with E-state index in [2.05, 4.69) is 157 Å². The Kier molecular flexibility index (Phi) is 5.62. The van der Waals surface area contributed by atoms with Crippen molar-refractivity contribution in [2.45, 2.75) is 0 Å². The second kappa shape index (κ2) is 9.81. The Labute approximate surface area is 257 Å². The number of anilines is 3. The second-order valence-corrected chi connectivity index (χ2v) is 13.1. The molecule has 202 valence electrons. The number of rotatable bonds is 4. The molecule has 3 heteroatoms. The van der Waals surface area contributed by atoms with Gasteiger partial charge in [0.25, 0.3) is 0 Å². The number of hydrogen-bond acceptors (Lipinski definition) is 3. The largest absolute Gasteiger partial charge is 0.308 e. The molecule has 0 atom stereocenters. The monoisotopic (exact) mass is 583 g/mol. The zero-order chi connectivity index (χ0) is 28.3. The molecule has 0 spiro atoms. The van der Waals surface area contributed by atoms with E-state index in [4.69, 9.17) is 0 Å². The first kappa shape index (κ1) is 24.6. The van der Waals surface area contributed by atoms with Crippen LogP contribution in [0.4, 0.5) is 17.1 Å². The number of nitrogens with zero attached hydrogens (tertiary/aromatic N) is 1. The van der Waals surface area contributed by atoms with Gasteiger partial charge in [0.05, 0.1) is 16.1 Å². The van der Waals surface area contributed by atoms with Crippen LogP contribution >= 0.6 is 22.7 Å². The third-order valence-corrected chi connectivity index (χ3v) is 10.8. The van der Waals surface area contributed by atoms with Gasteiger partial charge < -0.3 is 4.90 Å². The molecule has 7 aromatic carbocycles. The standard InChI is InChI=1S/C40H25NS2/c1-2-11-27(12-3-1)30-22-23-33-31-16-6-9-20-37(31)43-40(33)39(30)41(35-18-10-14-26-13-4-5-15-29(26)35)28-21-24-38-34(25-28)32-17-7-8-19-36(32)42-38/h1-25H. The van der Waals surface area contributed by atoms with Crippen LogP contribution in [0.2, 0.25) is 0 Å². The number of fused-ring (bicyclic) bond motifs is 7. The molecule has 9 rings (SSSR count). The molecule has 0 saturated heterocycles. The van der Waals surface area contributed by atoms with E-state index in [0.29, 0.717) is 0 Å². The maximum Gasteiger partial charge on any atom is 0.0718 e. The minimum absolute atomic E-state index is 1.16. The molecule has 9 aromatic rings. The molecule has 2 heterocycles. The van der Waals surface area contributed by atoms with Crippen LogP contribution in [-0.2, 0) is 0 Å². The van der Waals surface area contributed by atoms with E-state index < -0.39 is 0 Å². The van der Waals surface area contributed by atoms with Crippen molar-refractivity contribution in [3.05, 3.63) is 152 Å². The predicted molar refractivity (Wildman–Crippen MR) is 190 cm³/mol. The van der Waals surface area contributed by atoms with Gasteiger partial charge in [-0.05, 0) is 47.3 Å². The first-order valence-electron chi connectivity index (χ1n) is 14.5. The normalized spacial score (nSPS) is 11.7. The van der Waals surface area contributed by atoms with Gasteiger partial charge in [-0.1, -0.05) is 115 Å². The quantitative estimate of drug-likeness (QED) is 0.199. The van der Waals surface area contributed by atoms with Gasteiger partial charge in [-0.25, -0.2) is 0 Å². The maximum absolute atomic E-state index is 2.52. The summed E-state index contributed by atoms with van der Waals surface area (Å²) in [4.78, 5) is 2.52. The van der Waals surface area contributed by atoms with Crippen LogP contribution in [0.5, 0.6) is 0 Å². The smallest absolute Gasteiger partial charge is 0.0718 e. The highest BCUT2D eigenvalue weighted by molar-refractivity contribution is 7.26. The SMILES string of the molecule is c1ccc(-c2ccc3c(sc4ccccc43)c2N(c2ccc3sc4ccccc4c3c2)c2cccc3ccccc23)cc1. The van der Waals surface area contributed by atoms with Crippen LogP contribution < -0.4 is 4.90 Å². The summed E-state index contributed by atoms with van der Waals surface area (Å²) in [5.41, 5.74) is 6.00. The fourth-order valence-corrected chi connectivity index (χ4v) is 8.82. The highest BCUT2D eigenvalue weighted by Crippen LogP contribution is 2.51. The molecule has 0 fully saturated rings. The molecule has 0 aliphatic carbocycles. The molecule has 0 N–H and O–H groups in total. The molecule has 0 aliphatic heterocycles. The Balaban J connectivity index is 1.44. The summed E-state index contributed by atoms with van der Waals surface area (Å²) >= 11 is 3.75. The lowest BCUT2D eigenvalue weighted by molar-refractivity contribution is 1.32. The van der Waals surface area contributed by atoms with Gasteiger partial charge >= 0.3 is 0 Å². The fraction of sp³-hybridized carbons (Fsp3) is 0. The fourth-order valence-electron chi connectivity index (χ4n) is 6.49. The zero-order valence-corrected chi connectivity index (χ0v) is 24.8. The van der Waals surface area contributed by atoms with Crippen molar-refractivity contribution in [3.8, 4) is 11.1 Å². The number of thiophene rings is 2. The minimum Gasteiger partial charge on any atom is -0.308 e. The van der Waals surface area contributed by atoms with Crippen molar-refractivity contribution in [3.63, 3.8) is 0 Å². The minimum atomic E-state index is 1.16. The average Bonchev–Trinajstić information content (AvgIpc) is 3.64. The van der Waals surface area contributed by atoms with E-state index in [-0.39, 0.29) is 0 Å². The molecular formula is C40H25NS2. The van der Waals surface area contributed by atoms with Gasteiger partial charge in [0.15, 0.2) is 0 Å². The van der Waals surface area contributed by atoms with Crippen molar-refractivity contribution >= 4 is 90.9 Å². The molecule has 0 radical (unpaired) electrons. The molecule has 0 unspecified atom stereocenters. The van der Waals surface area contributed by atoms with Crippen LogP contribution in [0, 0.1) is 0 Å². The van der Waals surface area contributed by atoms with E-state index in [9.17, 15) is 0 Å². The molecular weight excluding hydrogens is 559 g/mol. The van der Waals surface area contributed by atoms with Gasteiger partial charge in [-0.2, -0.15) is 0 Å². The Bertz CT molecular complexity index is 2460. The summed E-state index contributed by atoms with van der Waals surface area (Å²) in [6.45, 7) is 0. The second-order valence-electron chi connectivity index (χ2n) is 10.9. The van der Waals surface area contributed by atoms with Crippen LogP contribution in [0.25, 0.3) is 62.2 Å². The van der Waals surface area contributed by atoms with E-state index in [0.717, 1.165) is 5.69 Å². The van der Waals surface area contributed by atoms with Crippen LogP contribution in [0.3, 0.4) is 0 Å². The van der Waals surface area contributed by atoms with Gasteiger partial charge in [-0.3, -0.25) is 0 Å². The molecule has 0 aliphatic rings. The molecule has 0 saturated carbocycles. The summed E-state index contributed by atoms with van der Waals surface area (Å²) in [5.74, 6) is 0. The van der Waals surface area contributed by atoms with E-state index in [1.54, 1.807) is 0 Å². The Morgan fingerprint density at radius 3 is 1.91 bits per heavy atom. The summed E-state index contributed by atoms with van der Waals surface area (Å²) in [5, 5.41) is 7.68. The lowest BCUT2D eigenvalue weighted by Gasteiger charge is -2.30. The topological polar surface area (TPSA) is 3.24 Å². The van der Waals surface area contributed by atoms with Crippen molar-refractivity contribution in [1.82, 2.24) is 0 Å². The molecule has 2 aromatic heterocycles. The summed E-state index contributed by atoms with van der Waals surface area (Å²) < 4.78 is 5.24. The Morgan fingerprint density at radius 2 is 1.07 bits per heavy atom. The van der Waals surface area contributed by atoms with Crippen LogP contribution in [0.1, 0.15) is 0 Å². The Morgan fingerprint density at radius 1 is 0.419 bits per heavy atom. The van der Waals surface area contributed by atoms with Gasteiger partial charge in [0, 0.05) is 52.3 Å². The molecule has 0 amide bonds. The average molecular weight is 584 g/mol. The van der Waals surface area contributed by atoms with Crippen molar-refractivity contribution in [2.75, 3.05) is 4.90 Å². The third-order valence-electron chi connectivity index (χ3n) is 8.46. The molecule has 43 heavy (non-hydrogen) atoms. The molecule has 0 bridgehead atoms. The van der Waals surface area contributed by atoms with Gasteiger partial charge in [0.1, 0.15) is 0 Å². The first-order valence-corrected chi connectivity index (χ1v) is 16.2. The van der Waals surface area contributed by atoms with Crippen molar-refractivity contribution < 1.29 is 0 Å². The summed E-state index contributed by atoms with van der Waals surface area (Å²) in [6.07, 6.45) is 0. The van der Waals surface area contributed by atoms with E-state index in [1.807, 2.05) is 22.7 Å². The van der Waals surface area contributed by atoms with E-state index in [1.165, 1.54) is 73.6 Å². The highest BCUT2D eigenvalue weighted by Gasteiger charge is 2.24. The maximum atomic E-state index is 2.52. The van der Waals surface area contributed by atoms with E-state index >= 15 is 0 Å².